The van der Waals surface area contributed by atoms with Crippen molar-refractivity contribution < 1.29 is 128 Å². The van der Waals surface area contributed by atoms with Gasteiger partial charge in [-0.05, 0) is 45.2 Å². The Morgan fingerprint density at radius 1 is 0.376 bits per heavy atom. The third kappa shape index (κ3) is 73.9. The van der Waals surface area contributed by atoms with Gasteiger partial charge in [-0.25, -0.2) is 4.79 Å². The minimum Gasteiger partial charge on any atom is -0.444 e. The average molecular weight is 1450 g/mol. The van der Waals surface area contributed by atoms with E-state index in [2.05, 4.69) is 16.6 Å². The SMILES string of the molecule is C#CCN(C/C=C/c1ccccc1C)C(=O)CCCC(=O)NCCOCCOCCOCCOCCOCCOCCOCCOCCOCCOCCOCCOCCOCCOCCOCCOCCOCCOCCOCCOCCOCCOCCOCCNC(=O)OC(C)(C)C. The highest BCUT2D eigenvalue weighted by molar-refractivity contribution is 5.79. The van der Waals surface area contributed by atoms with Crippen LogP contribution in [0.25, 0.3) is 6.08 Å². The number of carbonyl (C=O) groups excluding carboxylic acids is 3. The lowest BCUT2D eigenvalue weighted by molar-refractivity contribution is -0.130. The van der Waals surface area contributed by atoms with Gasteiger partial charge in [-0.1, -0.05) is 42.3 Å². The molecule has 1 aromatic rings. The van der Waals surface area contributed by atoms with E-state index in [4.69, 9.17) is 120 Å². The van der Waals surface area contributed by atoms with E-state index in [1.807, 2.05) is 64.1 Å². The van der Waals surface area contributed by atoms with Gasteiger partial charge in [0.15, 0.2) is 0 Å². The molecule has 2 N–H and O–H groups in total. The van der Waals surface area contributed by atoms with Crippen LogP contribution >= 0.6 is 0 Å². The summed E-state index contributed by atoms with van der Waals surface area (Å²) in [6, 6.07) is 8.02. The Morgan fingerprint density at radius 2 is 0.624 bits per heavy atom. The molecule has 0 atom stereocenters. The average Bonchev–Trinajstić information content (AvgIpc) is 0.970. The summed E-state index contributed by atoms with van der Waals surface area (Å²) in [5, 5.41) is 5.45. The predicted octanol–water partition coefficient (Wildman–Crippen LogP) is 3.66. The number of terminal acetylenes is 1. The van der Waals surface area contributed by atoms with E-state index in [9.17, 15) is 14.4 Å². The van der Waals surface area contributed by atoms with Crippen molar-refractivity contribution in [2.45, 2.75) is 52.6 Å². The van der Waals surface area contributed by atoms with Crippen molar-refractivity contribution in [1.82, 2.24) is 15.5 Å². The molecule has 0 spiro atoms. The first-order valence-corrected chi connectivity index (χ1v) is 35.6. The molecule has 0 unspecified atom stereocenters. The smallest absolute Gasteiger partial charge is 0.407 e. The van der Waals surface area contributed by atoms with Crippen molar-refractivity contribution in [3.8, 4) is 12.3 Å². The number of alkyl carbamates (subject to hydrolysis) is 1. The van der Waals surface area contributed by atoms with Gasteiger partial charge >= 0.3 is 6.09 Å². The van der Waals surface area contributed by atoms with Crippen LogP contribution in [0.1, 0.15) is 51.2 Å². The fourth-order valence-corrected chi connectivity index (χ4v) is 7.83. The number of hydrogen-bond acceptors (Lipinski definition) is 27. The van der Waals surface area contributed by atoms with E-state index in [0.717, 1.165) is 11.1 Å². The Morgan fingerprint density at radius 3 is 0.871 bits per heavy atom. The maximum atomic E-state index is 12.7. The Labute approximate surface area is 602 Å². The summed E-state index contributed by atoms with van der Waals surface area (Å²) in [5.41, 5.74) is 1.73. The highest BCUT2D eigenvalue weighted by atomic mass is 16.6. The molecule has 3 amide bonds. The van der Waals surface area contributed by atoms with Gasteiger partial charge in [0, 0.05) is 32.5 Å². The quantitative estimate of drug-likeness (QED) is 0.0694. The summed E-state index contributed by atoms with van der Waals surface area (Å²) in [7, 11) is 0. The maximum absolute atomic E-state index is 12.7. The second kappa shape index (κ2) is 76.9. The summed E-state index contributed by atoms with van der Waals surface area (Å²) in [6.07, 6.45) is 9.87. The molecule has 0 saturated heterocycles. The first kappa shape index (κ1) is 94.8. The van der Waals surface area contributed by atoms with Crippen molar-refractivity contribution in [1.29, 1.82) is 0 Å². The molecular weight excluding hydrogens is 1330 g/mol. The van der Waals surface area contributed by atoms with Gasteiger partial charge in [0.1, 0.15) is 5.60 Å². The highest BCUT2D eigenvalue weighted by Gasteiger charge is 2.16. The van der Waals surface area contributed by atoms with Gasteiger partial charge in [-0.2, -0.15) is 0 Å². The van der Waals surface area contributed by atoms with E-state index >= 15 is 0 Å². The lowest BCUT2D eigenvalue weighted by atomic mass is 10.1. The third-order valence-corrected chi connectivity index (χ3v) is 12.9. The molecule has 1 aromatic carbocycles. The van der Waals surface area contributed by atoms with Crippen molar-refractivity contribution in [2.75, 3.05) is 330 Å². The minimum absolute atomic E-state index is 0.0767. The molecule has 0 radical (unpaired) electrons. The van der Waals surface area contributed by atoms with Gasteiger partial charge in [-0.15, -0.1) is 6.42 Å². The topological polar surface area (TPSA) is 300 Å². The molecule has 1 rings (SSSR count). The molecule has 0 aliphatic carbocycles. The highest BCUT2D eigenvalue weighted by Crippen LogP contribution is 2.10. The Hall–Kier alpha value is -4.19. The Kier molecular flexibility index (Phi) is 72.2. The van der Waals surface area contributed by atoms with Crippen LogP contribution in [0.2, 0.25) is 0 Å². The van der Waals surface area contributed by atoms with Crippen LogP contribution in [0.4, 0.5) is 4.79 Å². The molecule has 0 aromatic heterocycles. The lowest BCUT2D eigenvalue weighted by Crippen LogP contribution is -2.34. The molecule has 0 heterocycles. The van der Waals surface area contributed by atoms with Crippen molar-refractivity contribution in [2.24, 2.45) is 0 Å². The number of nitrogens with zero attached hydrogens (tertiary/aromatic N) is 1. The molecule has 101 heavy (non-hydrogen) atoms. The molecule has 588 valence electrons. The van der Waals surface area contributed by atoms with Crippen molar-refractivity contribution >= 4 is 24.0 Å². The Balaban J connectivity index is 1.64. The fourth-order valence-electron chi connectivity index (χ4n) is 7.83. The number of ether oxygens (including phenoxy) is 24. The summed E-state index contributed by atoms with van der Waals surface area (Å²) in [4.78, 5) is 38.1. The van der Waals surface area contributed by atoms with Gasteiger partial charge in [0.05, 0.1) is 310 Å². The van der Waals surface area contributed by atoms with Crippen LogP contribution < -0.4 is 10.6 Å². The van der Waals surface area contributed by atoms with E-state index < -0.39 is 11.7 Å². The van der Waals surface area contributed by atoms with E-state index in [1.54, 1.807) is 4.90 Å². The Bertz CT molecular complexity index is 2030. The number of aryl methyl sites for hydroxylation is 1. The number of hydrogen-bond donors (Lipinski definition) is 2. The van der Waals surface area contributed by atoms with Gasteiger partial charge in [0.25, 0.3) is 0 Å². The molecule has 0 aliphatic rings. The largest absolute Gasteiger partial charge is 0.444 e. The van der Waals surface area contributed by atoms with E-state index in [1.165, 1.54) is 0 Å². The first-order valence-electron chi connectivity index (χ1n) is 35.6. The zero-order valence-electron chi connectivity index (χ0n) is 61.5. The van der Waals surface area contributed by atoms with Crippen LogP contribution in [0, 0.1) is 19.3 Å². The standard InChI is InChI=1S/C71H127N3O27/c1-6-18-74(19-10-13-67-12-8-7-11-66(67)2)69(76)15-9-14-68(75)72-16-20-78-22-24-80-26-28-82-30-32-84-34-36-86-38-40-88-42-44-90-46-48-92-50-52-94-54-56-96-58-60-98-62-64-100-65-63-99-61-59-97-57-55-95-53-51-93-49-47-91-45-43-89-41-39-87-37-35-85-33-31-83-29-27-81-25-23-79-21-17-73-70(77)101-71(3,4)5/h1,7-8,10-13H,9,14-65H2,2-5H3,(H,72,75)(H,73,77)/b13-10+. The fraction of sp³-hybridized carbons (Fsp3) is 0.817. The first-order chi connectivity index (χ1) is 49.6. The van der Waals surface area contributed by atoms with Crippen molar-refractivity contribution in [3.05, 3.63) is 41.5 Å². The zero-order valence-corrected chi connectivity index (χ0v) is 61.5. The second-order valence-electron chi connectivity index (χ2n) is 22.5. The van der Waals surface area contributed by atoms with E-state index in [0.29, 0.717) is 330 Å². The molecule has 30 heteroatoms. The number of nitrogens with one attached hydrogen (secondary N) is 2. The summed E-state index contributed by atoms with van der Waals surface area (Å²) < 4.78 is 132. The second-order valence-corrected chi connectivity index (χ2v) is 22.5. The van der Waals surface area contributed by atoms with Gasteiger partial charge in [0.2, 0.25) is 11.8 Å². The lowest BCUT2D eigenvalue weighted by Gasteiger charge is -2.19. The molecule has 0 aliphatic heterocycles. The third-order valence-electron chi connectivity index (χ3n) is 12.9. The number of carbonyl (C=O) groups is 3. The predicted molar refractivity (Wildman–Crippen MR) is 376 cm³/mol. The molecular formula is C71H127N3O27. The van der Waals surface area contributed by atoms with Crippen molar-refractivity contribution in [3.63, 3.8) is 0 Å². The normalized spacial score (nSPS) is 11.7. The maximum Gasteiger partial charge on any atom is 0.407 e. The van der Waals surface area contributed by atoms with Crippen LogP contribution in [-0.2, 0) is 123 Å². The van der Waals surface area contributed by atoms with Gasteiger partial charge in [-0.3, -0.25) is 9.59 Å². The molecule has 0 fully saturated rings. The molecule has 0 saturated carbocycles. The summed E-state index contributed by atoms with van der Waals surface area (Å²) in [6.45, 7) is 30.0. The molecule has 0 bridgehead atoms. The molecule has 30 nitrogen and oxygen atoms in total. The number of benzene rings is 1. The monoisotopic (exact) mass is 1450 g/mol. The number of rotatable bonds is 80. The summed E-state index contributed by atoms with van der Waals surface area (Å²) >= 11 is 0. The van der Waals surface area contributed by atoms with E-state index in [-0.39, 0.29) is 31.2 Å². The van der Waals surface area contributed by atoms with Crippen LogP contribution in [-0.4, -0.2) is 359 Å². The van der Waals surface area contributed by atoms with Crippen LogP contribution in [0.15, 0.2) is 30.3 Å². The zero-order chi connectivity index (χ0) is 72.8. The minimum atomic E-state index is -0.524. The van der Waals surface area contributed by atoms with Gasteiger partial charge < -0.3 is 129 Å². The summed E-state index contributed by atoms with van der Waals surface area (Å²) in [5.74, 6) is 2.34. The van der Waals surface area contributed by atoms with Crippen LogP contribution in [0.5, 0.6) is 0 Å². The number of amides is 3. The van der Waals surface area contributed by atoms with Crippen LogP contribution in [0.3, 0.4) is 0 Å².